The molecule has 1 aromatic heterocycles. The maximum absolute atomic E-state index is 12.2. The number of anilines is 1. The number of nitrogens with zero attached hydrogens (tertiary/aromatic N) is 3. The molecular weight excluding hydrogens is 404 g/mol. The number of rotatable bonds is 8. The summed E-state index contributed by atoms with van der Waals surface area (Å²) < 4.78 is 11.4. The molecule has 1 N–H and O–H groups in total. The normalized spacial score (nSPS) is 14.1. The second kappa shape index (κ2) is 10.6. The fraction of sp³-hybridized carbons (Fsp3) is 0.280. The van der Waals surface area contributed by atoms with Crippen molar-refractivity contribution in [3.8, 4) is 17.2 Å². The number of nitrogens with one attached hydrogen (secondary N) is 1. The lowest BCUT2D eigenvalue weighted by molar-refractivity contribution is -0.123. The van der Waals surface area contributed by atoms with Crippen LogP contribution < -0.4 is 19.7 Å². The smallest absolute Gasteiger partial charge is 0.258 e. The molecular formula is C25H28N4O3. The highest BCUT2D eigenvalue weighted by atomic mass is 16.5. The number of pyridine rings is 1. The summed E-state index contributed by atoms with van der Waals surface area (Å²) in [5.41, 5.74) is 1.02. The predicted molar refractivity (Wildman–Crippen MR) is 124 cm³/mol. The number of ether oxygens (including phenoxy) is 2. The van der Waals surface area contributed by atoms with Crippen LogP contribution in [0.1, 0.15) is 5.56 Å². The van der Waals surface area contributed by atoms with Crippen molar-refractivity contribution < 1.29 is 14.3 Å². The van der Waals surface area contributed by atoms with Gasteiger partial charge in [0.2, 0.25) is 0 Å². The summed E-state index contributed by atoms with van der Waals surface area (Å²) in [6, 6.07) is 20.7. The van der Waals surface area contributed by atoms with Crippen molar-refractivity contribution in [2.75, 3.05) is 44.7 Å². The summed E-state index contributed by atoms with van der Waals surface area (Å²) in [6.07, 6.45) is 1.80. The van der Waals surface area contributed by atoms with E-state index in [4.69, 9.17) is 9.47 Å². The van der Waals surface area contributed by atoms with Crippen molar-refractivity contribution >= 4 is 11.7 Å². The maximum atomic E-state index is 12.2. The number of carbonyl (C=O) groups is 1. The Kier molecular flexibility index (Phi) is 7.19. The number of hydrogen-bond acceptors (Lipinski definition) is 6. The Hall–Kier alpha value is -3.58. The van der Waals surface area contributed by atoms with Gasteiger partial charge in [0.1, 0.15) is 23.1 Å². The van der Waals surface area contributed by atoms with E-state index < -0.39 is 0 Å². The van der Waals surface area contributed by atoms with Gasteiger partial charge in [-0.25, -0.2) is 4.98 Å². The minimum Gasteiger partial charge on any atom is -0.484 e. The van der Waals surface area contributed by atoms with Crippen LogP contribution in [0.3, 0.4) is 0 Å². The van der Waals surface area contributed by atoms with E-state index in [0.29, 0.717) is 18.0 Å². The molecule has 1 amide bonds. The minimum absolute atomic E-state index is 0.0463. The van der Waals surface area contributed by atoms with Crippen molar-refractivity contribution in [3.05, 3.63) is 78.5 Å². The van der Waals surface area contributed by atoms with Crippen molar-refractivity contribution in [1.29, 1.82) is 0 Å². The molecule has 7 nitrogen and oxygen atoms in total. The molecule has 1 fully saturated rings. The first-order valence-corrected chi connectivity index (χ1v) is 10.8. The first-order valence-electron chi connectivity index (χ1n) is 10.8. The summed E-state index contributed by atoms with van der Waals surface area (Å²) in [5, 5.41) is 2.91. The fourth-order valence-corrected chi connectivity index (χ4v) is 3.41. The maximum Gasteiger partial charge on any atom is 0.258 e. The van der Waals surface area contributed by atoms with Gasteiger partial charge in [-0.2, -0.15) is 0 Å². The van der Waals surface area contributed by atoms with Crippen LogP contribution in [0.5, 0.6) is 17.2 Å². The Morgan fingerprint density at radius 1 is 0.938 bits per heavy atom. The molecule has 0 bridgehead atoms. The summed E-state index contributed by atoms with van der Waals surface area (Å²) in [5.74, 6) is 2.88. The lowest BCUT2D eigenvalue weighted by Crippen LogP contribution is -2.44. The molecule has 3 aromatic rings. The van der Waals surface area contributed by atoms with Crippen LogP contribution >= 0.6 is 0 Å². The fourth-order valence-electron chi connectivity index (χ4n) is 3.41. The number of para-hydroxylation sites is 1. The Morgan fingerprint density at radius 2 is 1.62 bits per heavy atom. The highest BCUT2D eigenvalue weighted by Gasteiger charge is 2.15. The predicted octanol–water partition coefficient (Wildman–Crippen LogP) is 3.32. The number of amides is 1. The Morgan fingerprint density at radius 3 is 2.38 bits per heavy atom. The average molecular weight is 433 g/mol. The molecule has 2 heterocycles. The van der Waals surface area contributed by atoms with Gasteiger partial charge < -0.3 is 24.6 Å². The van der Waals surface area contributed by atoms with Crippen molar-refractivity contribution in [2.24, 2.45) is 0 Å². The lowest BCUT2D eigenvalue weighted by Gasteiger charge is -2.33. The highest BCUT2D eigenvalue weighted by Crippen LogP contribution is 2.23. The minimum atomic E-state index is -0.174. The molecule has 0 saturated carbocycles. The van der Waals surface area contributed by atoms with E-state index in [1.807, 2.05) is 54.6 Å². The molecule has 1 saturated heterocycles. The van der Waals surface area contributed by atoms with Crippen molar-refractivity contribution in [3.63, 3.8) is 0 Å². The van der Waals surface area contributed by atoms with E-state index >= 15 is 0 Å². The number of likely N-dealkylation sites (N-methyl/N-ethyl adjacent to an activating group) is 1. The van der Waals surface area contributed by atoms with Gasteiger partial charge in [0.05, 0.1) is 0 Å². The zero-order chi connectivity index (χ0) is 22.2. The van der Waals surface area contributed by atoms with E-state index in [9.17, 15) is 4.79 Å². The van der Waals surface area contributed by atoms with E-state index in [2.05, 4.69) is 27.1 Å². The largest absolute Gasteiger partial charge is 0.484 e. The van der Waals surface area contributed by atoms with Crippen LogP contribution in [0.25, 0.3) is 0 Å². The van der Waals surface area contributed by atoms with Crippen LogP contribution in [0, 0.1) is 0 Å². The van der Waals surface area contributed by atoms with Gasteiger partial charge in [-0.3, -0.25) is 4.79 Å². The third-order valence-electron chi connectivity index (χ3n) is 5.30. The second-order valence-corrected chi connectivity index (χ2v) is 7.76. The zero-order valence-electron chi connectivity index (χ0n) is 18.2. The molecule has 0 radical (unpaired) electrons. The molecule has 0 spiro atoms. The molecule has 166 valence electrons. The van der Waals surface area contributed by atoms with E-state index in [0.717, 1.165) is 43.3 Å². The zero-order valence-corrected chi connectivity index (χ0v) is 18.2. The van der Waals surface area contributed by atoms with E-state index in [1.54, 1.807) is 18.3 Å². The Bertz CT molecular complexity index is 1000. The molecule has 4 rings (SSSR count). The van der Waals surface area contributed by atoms with Gasteiger partial charge in [-0.1, -0.05) is 18.2 Å². The van der Waals surface area contributed by atoms with Crippen LogP contribution in [-0.4, -0.2) is 55.6 Å². The molecule has 2 aromatic carbocycles. The number of hydrogen-bond donors (Lipinski definition) is 1. The summed E-state index contributed by atoms with van der Waals surface area (Å²) in [6.45, 7) is 4.37. The quantitative estimate of drug-likeness (QED) is 0.589. The van der Waals surface area contributed by atoms with Gasteiger partial charge in [0, 0.05) is 38.9 Å². The number of aromatic nitrogens is 1. The number of piperazine rings is 1. The topological polar surface area (TPSA) is 66.9 Å². The monoisotopic (exact) mass is 432 g/mol. The van der Waals surface area contributed by atoms with Crippen LogP contribution in [0.4, 0.5) is 5.82 Å². The van der Waals surface area contributed by atoms with Gasteiger partial charge in [-0.05, 0) is 61.1 Å². The van der Waals surface area contributed by atoms with Crippen molar-refractivity contribution in [2.45, 2.75) is 6.54 Å². The Labute approximate surface area is 188 Å². The van der Waals surface area contributed by atoms with Gasteiger partial charge in [0.15, 0.2) is 6.61 Å². The first kappa shape index (κ1) is 21.6. The molecule has 1 aliphatic rings. The van der Waals surface area contributed by atoms with Gasteiger partial charge in [0.25, 0.3) is 5.91 Å². The number of benzene rings is 2. The standard InChI is InChI=1S/C25H28N4O3/c1-28-13-15-29(16-14-28)24-17-20(11-12-26-24)18-27-25(30)19-31-21-7-9-23(10-8-21)32-22-5-3-2-4-6-22/h2-12,17H,13-16,18-19H2,1H3,(H,27,30). The molecule has 0 aliphatic carbocycles. The van der Waals surface area contributed by atoms with E-state index in [-0.39, 0.29) is 12.5 Å². The SMILES string of the molecule is CN1CCN(c2cc(CNC(=O)COc3ccc(Oc4ccccc4)cc3)ccn2)CC1. The molecule has 32 heavy (non-hydrogen) atoms. The summed E-state index contributed by atoms with van der Waals surface area (Å²) in [4.78, 5) is 21.3. The van der Waals surface area contributed by atoms with Gasteiger partial charge >= 0.3 is 0 Å². The molecule has 0 unspecified atom stereocenters. The van der Waals surface area contributed by atoms with Gasteiger partial charge in [-0.15, -0.1) is 0 Å². The van der Waals surface area contributed by atoms with Crippen molar-refractivity contribution in [1.82, 2.24) is 15.2 Å². The first-order chi connectivity index (χ1) is 15.7. The molecule has 1 aliphatic heterocycles. The van der Waals surface area contributed by atoms with E-state index in [1.165, 1.54) is 0 Å². The summed E-state index contributed by atoms with van der Waals surface area (Å²) >= 11 is 0. The third-order valence-corrected chi connectivity index (χ3v) is 5.30. The average Bonchev–Trinajstić information content (AvgIpc) is 2.84. The third kappa shape index (κ3) is 6.21. The highest BCUT2D eigenvalue weighted by molar-refractivity contribution is 5.77. The second-order valence-electron chi connectivity index (χ2n) is 7.76. The molecule has 7 heteroatoms. The Balaban J connectivity index is 1.22. The molecule has 0 atom stereocenters. The van der Waals surface area contributed by atoms with Crippen LogP contribution in [0.15, 0.2) is 72.9 Å². The number of carbonyl (C=O) groups excluding carboxylic acids is 1. The summed E-state index contributed by atoms with van der Waals surface area (Å²) in [7, 11) is 2.13. The van der Waals surface area contributed by atoms with Crippen LogP contribution in [-0.2, 0) is 11.3 Å². The van der Waals surface area contributed by atoms with Crippen LogP contribution in [0.2, 0.25) is 0 Å². The lowest BCUT2D eigenvalue weighted by atomic mass is 10.2.